The Morgan fingerprint density at radius 1 is 1.00 bits per heavy atom. The molecule has 0 fully saturated rings. The molecule has 3 aromatic carbocycles. The predicted octanol–water partition coefficient (Wildman–Crippen LogP) is 3.95. The van der Waals surface area contributed by atoms with Crippen LogP contribution in [0.25, 0.3) is 0 Å². The van der Waals surface area contributed by atoms with Gasteiger partial charge in [-0.15, -0.1) is 0 Å². The van der Waals surface area contributed by atoms with Crippen LogP contribution in [0.2, 0.25) is 0 Å². The summed E-state index contributed by atoms with van der Waals surface area (Å²) in [6.45, 7) is 3.12. The molecule has 2 unspecified atom stereocenters. The van der Waals surface area contributed by atoms with Crippen LogP contribution in [0, 0.1) is 0 Å². The van der Waals surface area contributed by atoms with Gasteiger partial charge in [0.15, 0.2) is 30.5 Å². The van der Waals surface area contributed by atoms with Crippen LogP contribution in [0.4, 0.5) is 5.69 Å². The van der Waals surface area contributed by atoms with Crippen molar-refractivity contribution in [3.63, 3.8) is 0 Å². The minimum Gasteiger partial charge on any atom is -0.493 e. The maximum Gasteiger partial charge on any atom is 0.265 e. The normalized spacial score (nSPS) is 14.2. The summed E-state index contributed by atoms with van der Waals surface area (Å²) in [6, 6.07) is 20.4. The third-order valence-corrected chi connectivity index (χ3v) is 6.01. The van der Waals surface area contributed by atoms with Gasteiger partial charge in [-0.1, -0.05) is 42.5 Å². The highest BCUT2D eigenvalue weighted by atomic mass is 16.5. The fourth-order valence-corrected chi connectivity index (χ4v) is 4.01. The molecule has 1 aliphatic heterocycles. The van der Waals surface area contributed by atoms with Gasteiger partial charge in [-0.2, -0.15) is 0 Å². The zero-order chi connectivity index (χ0) is 25.7. The van der Waals surface area contributed by atoms with Crippen molar-refractivity contribution in [2.75, 3.05) is 25.2 Å². The van der Waals surface area contributed by atoms with Crippen LogP contribution < -0.4 is 24.4 Å². The van der Waals surface area contributed by atoms with E-state index in [4.69, 9.17) is 14.2 Å². The van der Waals surface area contributed by atoms with Crippen molar-refractivity contribution in [2.45, 2.75) is 25.9 Å². The number of anilines is 1. The highest BCUT2D eigenvalue weighted by Gasteiger charge is 2.34. The average molecular weight is 489 g/mol. The van der Waals surface area contributed by atoms with Crippen LogP contribution in [-0.4, -0.2) is 44.0 Å². The Balaban J connectivity index is 1.51. The van der Waals surface area contributed by atoms with E-state index in [1.807, 2.05) is 37.3 Å². The first-order chi connectivity index (χ1) is 17.4. The van der Waals surface area contributed by atoms with Gasteiger partial charge in [0.25, 0.3) is 5.91 Å². The Morgan fingerprint density at radius 3 is 2.42 bits per heavy atom. The number of carbonyl (C=O) groups excluding carboxylic acids is 3. The topological polar surface area (TPSA) is 94.2 Å². The Kier molecular flexibility index (Phi) is 7.53. The lowest BCUT2D eigenvalue weighted by molar-refractivity contribution is -0.127. The number of hydrogen-bond donors (Lipinski definition) is 1. The summed E-state index contributed by atoms with van der Waals surface area (Å²) in [6.07, 6.45) is 0. The van der Waals surface area contributed by atoms with Crippen molar-refractivity contribution in [3.05, 3.63) is 83.9 Å². The number of fused-ring (bicyclic) bond motifs is 1. The first-order valence-electron chi connectivity index (χ1n) is 11.6. The molecule has 0 aromatic heterocycles. The number of para-hydroxylation sites is 2. The monoisotopic (exact) mass is 488 g/mol. The summed E-state index contributed by atoms with van der Waals surface area (Å²) < 4.78 is 16.5. The van der Waals surface area contributed by atoms with Gasteiger partial charge < -0.3 is 19.5 Å². The Morgan fingerprint density at radius 2 is 1.69 bits per heavy atom. The van der Waals surface area contributed by atoms with Crippen molar-refractivity contribution in [1.82, 2.24) is 5.32 Å². The van der Waals surface area contributed by atoms with E-state index in [1.54, 1.807) is 49.4 Å². The van der Waals surface area contributed by atoms with Gasteiger partial charge in [0.1, 0.15) is 11.8 Å². The summed E-state index contributed by atoms with van der Waals surface area (Å²) in [5.74, 6) is 0.412. The van der Waals surface area contributed by atoms with Crippen LogP contribution in [-0.2, 0) is 9.59 Å². The molecule has 4 rings (SSSR count). The van der Waals surface area contributed by atoms with Gasteiger partial charge in [-0.25, -0.2) is 0 Å². The molecule has 0 spiro atoms. The predicted molar refractivity (Wildman–Crippen MR) is 135 cm³/mol. The van der Waals surface area contributed by atoms with E-state index in [-0.39, 0.29) is 36.9 Å². The number of ketones is 1. The lowest BCUT2D eigenvalue weighted by atomic mass is 10.1. The zero-order valence-corrected chi connectivity index (χ0v) is 20.4. The van der Waals surface area contributed by atoms with Crippen molar-refractivity contribution in [3.8, 4) is 17.2 Å². The SMILES string of the molecule is COc1ccccc1OCC(=O)c1ccc2c(c1)N(C(C)C(=O)NC(C)c1ccccc1)C(=O)CO2. The van der Waals surface area contributed by atoms with Crippen LogP contribution in [0.15, 0.2) is 72.8 Å². The molecule has 36 heavy (non-hydrogen) atoms. The minimum absolute atomic E-state index is 0.191. The lowest BCUT2D eigenvalue weighted by Crippen LogP contribution is -2.51. The molecule has 186 valence electrons. The molecule has 2 amide bonds. The second-order valence-corrected chi connectivity index (χ2v) is 8.41. The van der Waals surface area contributed by atoms with Gasteiger partial charge in [0, 0.05) is 5.56 Å². The van der Waals surface area contributed by atoms with E-state index in [2.05, 4.69) is 5.32 Å². The molecule has 0 saturated heterocycles. The van der Waals surface area contributed by atoms with Crippen LogP contribution in [0.3, 0.4) is 0 Å². The molecule has 0 saturated carbocycles. The van der Waals surface area contributed by atoms with Gasteiger partial charge in [-0.3, -0.25) is 19.3 Å². The number of amides is 2. The van der Waals surface area contributed by atoms with Gasteiger partial charge in [0.2, 0.25) is 5.91 Å². The molecule has 8 heteroatoms. The minimum atomic E-state index is -0.818. The van der Waals surface area contributed by atoms with Gasteiger partial charge in [0.05, 0.1) is 18.8 Å². The summed E-state index contributed by atoms with van der Waals surface area (Å²) in [4.78, 5) is 40.2. The summed E-state index contributed by atoms with van der Waals surface area (Å²) in [7, 11) is 1.52. The van der Waals surface area contributed by atoms with E-state index in [0.717, 1.165) is 5.56 Å². The molecule has 1 heterocycles. The first-order valence-corrected chi connectivity index (χ1v) is 11.6. The Labute approximate surface area is 209 Å². The maximum absolute atomic E-state index is 13.1. The Bertz CT molecular complexity index is 1260. The summed E-state index contributed by atoms with van der Waals surface area (Å²) in [5, 5.41) is 2.96. The molecule has 0 radical (unpaired) electrons. The molecule has 0 bridgehead atoms. The van der Waals surface area contributed by atoms with Crippen molar-refractivity contribution in [2.24, 2.45) is 0 Å². The molecule has 1 N–H and O–H groups in total. The number of methoxy groups -OCH3 is 1. The second kappa shape index (κ2) is 10.9. The number of nitrogens with zero attached hydrogens (tertiary/aromatic N) is 1. The van der Waals surface area contributed by atoms with E-state index in [0.29, 0.717) is 28.5 Å². The van der Waals surface area contributed by atoms with Crippen molar-refractivity contribution in [1.29, 1.82) is 0 Å². The van der Waals surface area contributed by atoms with E-state index in [1.165, 1.54) is 12.0 Å². The second-order valence-electron chi connectivity index (χ2n) is 8.41. The van der Waals surface area contributed by atoms with Crippen LogP contribution in [0.1, 0.15) is 35.8 Å². The number of ether oxygens (including phenoxy) is 3. The Hall–Kier alpha value is -4.33. The molecule has 8 nitrogen and oxygen atoms in total. The number of rotatable bonds is 9. The van der Waals surface area contributed by atoms with E-state index < -0.39 is 6.04 Å². The largest absolute Gasteiger partial charge is 0.493 e. The zero-order valence-electron chi connectivity index (χ0n) is 20.4. The smallest absolute Gasteiger partial charge is 0.265 e. The molecular weight excluding hydrogens is 460 g/mol. The number of hydrogen-bond acceptors (Lipinski definition) is 6. The molecule has 2 atom stereocenters. The fraction of sp³-hybridized carbons (Fsp3) is 0.250. The number of benzene rings is 3. The highest BCUT2D eigenvalue weighted by Crippen LogP contribution is 2.35. The average Bonchev–Trinajstić information content (AvgIpc) is 2.91. The highest BCUT2D eigenvalue weighted by molar-refractivity contribution is 6.06. The number of nitrogens with one attached hydrogen (secondary N) is 1. The molecule has 3 aromatic rings. The van der Waals surface area contributed by atoms with E-state index in [9.17, 15) is 14.4 Å². The number of Topliss-reactive ketones (excluding diaryl/α,β-unsaturated/α-hetero) is 1. The quantitative estimate of drug-likeness (QED) is 0.459. The first kappa shape index (κ1) is 24.8. The summed E-state index contributed by atoms with van der Waals surface area (Å²) in [5.41, 5.74) is 1.65. The lowest BCUT2D eigenvalue weighted by Gasteiger charge is -2.34. The van der Waals surface area contributed by atoms with Gasteiger partial charge in [-0.05, 0) is 49.7 Å². The molecule has 1 aliphatic rings. The third kappa shape index (κ3) is 5.33. The van der Waals surface area contributed by atoms with Crippen LogP contribution >= 0.6 is 0 Å². The fourth-order valence-electron chi connectivity index (χ4n) is 4.01. The van der Waals surface area contributed by atoms with Crippen LogP contribution in [0.5, 0.6) is 17.2 Å². The van der Waals surface area contributed by atoms with E-state index >= 15 is 0 Å². The van der Waals surface area contributed by atoms with Gasteiger partial charge >= 0.3 is 0 Å². The summed E-state index contributed by atoms with van der Waals surface area (Å²) >= 11 is 0. The number of carbonyl (C=O) groups is 3. The van der Waals surface area contributed by atoms with Crippen molar-refractivity contribution < 1.29 is 28.6 Å². The molecule has 0 aliphatic carbocycles. The standard InChI is InChI=1S/C28H28N2O6/c1-18(20-9-5-4-6-10-20)29-28(33)19(2)30-22-15-21(13-14-24(22)36-17-27(30)32)23(31)16-35-26-12-8-7-11-25(26)34-3/h4-15,18-19H,16-17H2,1-3H3,(H,29,33). The van der Waals surface area contributed by atoms with Crippen molar-refractivity contribution >= 4 is 23.3 Å². The molecular formula is C28H28N2O6. The third-order valence-electron chi connectivity index (χ3n) is 6.01. The maximum atomic E-state index is 13.1.